The number of ether oxygens (including phenoxy) is 4. The molecule has 2 N–H and O–H groups in total. The average molecular weight is 699 g/mol. The maximum atomic E-state index is 13.2. The van der Waals surface area contributed by atoms with Gasteiger partial charge >= 0.3 is 24.3 Å². The van der Waals surface area contributed by atoms with Crippen LogP contribution in [0.1, 0.15) is 58.0 Å². The van der Waals surface area contributed by atoms with Crippen molar-refractivity contribution >= 4 is 11.9 Å². The zero-order chi connectivity index (χ0) is 35.5. The van der Waals surface area contributed by atoms with Gasteiger partial charge in [-0.3, -0.25) is 10.6 Å². The Morgan fingerprint density at radius 1 is 0.560 bits per heavy atom. The van der Waals surface area contributed by atoms with Gasteiger partial charge in [-0.25, -0.2) is 9.59 Å². The molecule has 4 aromatic carbocycles. The van der Waals surface area contributed by atoms with E-state index in [1.807, 2.05) is 0 Å². The van der Waals surface area contributed by atoms with Gasteiger partial charge in [0.2, 0.25) is 0 Å². The molecule has 0 bridgehead atoms. The van der Waals surface area contributed by atoms with Crippen LogP contribution >= 0.6 is 0 Å². The van der Waals surface area contributed by atoms with E-state index in [1.54, 1.807) is 48.5 Å². The van der Waals surface area contributed by atoms with Gasteiger partial charge in [-0.15, -0.1) is 0 Å². The topological polar surface area (TPSA) is 95.1 Å². The maximum Gasteiger partial charge on any atom is 0.416 e. The first-order valence-corrected chi connectivity index (χ1v) is 15.3. The number of halogens is 6. The fraction of sp³-hybridized carbons (Fsp3) is 0.222. The number of rotatable bonds is 8. The van der Waals surface area contributed by atoms with E-state index in [0.29, 0.717) is 22.3 Å². The Morgan fingerprint density at radius 3 is 1.32 bits per heavy atom. The van der Waals surface area contributed by atoms with Crippen molar-refractivity contribution in [2.75, 3.05) is 13.1 Å². The van der Waals surface area contributed by atoms with Gasteiger partial charge in [-0.2, -0.15) is 26.3 Å². The van der Waals surface area contributed by atoms with Crippen LogP contribution in [0.5, 0.6) is 11.5 Å². The summed E-state index contributed by atoms with van der Waals surface area (Å²) in [5.74, 6) is -1.71. The van der Waals surface area contributed by atoms with Crippen LogP contribution < -0.4 is 20.1 Å². The molecule has 0 spiro atoms. The van der Waals surface area contributed by atoms with Crippen LogP contribution in [0, 0.1) is 0 Å². The summed E-state index contributed by atoms with van der Waals surface area (Å²) in [5, 5.41) is 6.00. The van der Waals surface area contributed by atoms with E-state index in [2.05, 4.69) is 10.6 Å². The van der Waals surface area contributed by atoms with Crippen LogP contribution in [0.3, 0.4) is 0 Å². The molecule has 0 fully saturated rings. The number of carbonyl (C=O) groups is 2. The smallest absolute Gasteiger partial charge is 0.416 e. The predicted molar refractivity (Wildman–Crippen MR) is 165 cm³/mol. The van der Waals surface area contributed by atoms with E-state index < -0.39 is 60.1 Å². The van der Waals surface area contributed by atoms with Crippen molar-refractivity contribution in [1.82, 2.24) is 10.6 Å². The number of esters is 2. The van der Waals surface area contributed by atoms with E-state index in [-0.39, 0.29) is 24.6 Å². The molecule has 8 nitrogen and oxygen atoms in total. The second-order valence-electron chi connectivity index (χ2n) is 11.3. The summed E-state index contributed by atoms with van der Waals surface area (Å²) in [4.78, 5) is 25.5. The molecule has 14 heteroatoms. The predicted octanol–water partition coefficient (Wildman–Crippen LogP) is 7.51. The summed E-state index contributed by atoms with van der Waals surface area (Å²) >= 11 is 0. The first kappa shape index (κ1) is 34.5. The molecule has 260 valence electrons. The molecule has 6 rings (SSSR count). The van der Waals surface area contributed by atoms with Crippen molar-refractivity contribution in [2.45, 2.75) is 37.0 Å². The molecule has 0 aliphatic carbocycles. The van der Waals surface area contributed by atoms with Crippen LogP contribution in [-0.2, 0) is 31.4 Å². The molecule has 0 saturated carbocycles. The highest BCUT2D eigenvalue weighted by Crippen LogP contribution is 2.37. The lowest BCUT2D eigenvalue weighted by atomic mass is 9.97. The largest absolute Gasteiger partial charge is 0.484 e. The van der Waals surface area contributed by atoms with Crippen LogP contribution in [0.15, 0.2) is 109 Å². The first-order chi connectivity index (χ1) is 23.8. The molecule has 2 heterocycles. The zero-order valence-electron chi connectivity index (χ0n) is 25.8. The van der Waals surface area contributed by atoms with Gasteiger partial charge in [0.25, 0.3) is 0 Å². The maximum absolute atomic E-state index is 13.2. The van der Waals surface area contributed by atoms with Crippen molar-refractivity contribution in [3.8, 4) is 11.5 Å². The highest BCUT2D eigenvalue weighted by molar-refractivity contribution is 5.91. The number of hydrogen-bond acceptors (Lipinski definition) is 8. The van der Waals surface area contributed by atoms with Crippen molar-refractivity contribution < 1.29 is 54.9 Å². The molecule has 0 amide bonds. The van der Waals surface area contributed by atoms with E-state index >= 15 is 0 Å². The van der Waals surface area contributed by atoms with Crippen molar-refractivity contribution in [2.24, 2.45) is 0 Å². The van der Waals surface area contributed by atoms with Crippen molar-refractivity contribution in [1.29, 1.82) is 0 Å². The van der Waals surface area contributed by atoms with Crippen LogP contribution in [0.4, 0.5) is 26.3 Å². The monoisotopic (exact) mass is 698 g/mol. The number of carbonyl (C=O) groups excluding carboxylic acids is 2. The first-order valence-electron chi connectivity index (χ1n) is 15.3. The van der Waals surface area contributed by atoms with Crippen molar-refractivity contribution in [3.63, 3.8) is 0 Å². The Morgan fingerprint density at radius 2 is 0.940 bits per heavy atom. The van der Waals surface area contributed by atoms with Gasteiger partial charge in [0, 0.05) is 47.5 Å². The molecule has 2 aliphatic rings. The molecule has 4 aromatic rings. The van der Waals surface area contributed by atoms with Gasteiger partial charge < -0.3 is 18.9 Å². The molecule has 50 heavy (non-hydrogen) atoms. The highest BCUT2D eigenvalue weighted by Gasteiger charge is 2.34. The summed E-state index contributed by atoms with van der Waals surface area (Å²) in [6.45, 7) is 0.199. The lowest BCUT2D eigenvalue weighted by molar-refractivity contribution is -0.148. The number of hydrogen-bond donors (Lipinski definition) is 2. The van der Waals surface area contributed by atoms with Gasteiger partial charge in [0.05, 0.1) is 11.1 Å². The fourth-order valence-corrected chi connectivity index (χ4v) is 5.64. The molecule has 0 saturated heterocycles. The van der Waals surface area contributed by atoms with E-state index in [0.717, 1.165) is 36.4 Å². The Hall–Kier alpha value is -5.34. The average Bonchev–Trinajstić information content (AvgIpc) is 3.09. The molecule has 0 aromatic heterocycles. The molecule has 4 unspecified atom stereocenters. The van der Waals surface area contributed by atoms with Gasteiger partial charge in [0.1, 0.15) is 23.7 Å². The van der Waals surface area contributed by atoms with E-state index in [9.17, 15) is 35.9 Å². The van der Waals surface area contributed by atoms with Crippen molar-refractivity contribution in [3.05, 3.63) is 143 Å². The zero-order valence-corrected chi connectivity index (χ0v) is 25.8. The minimum atomic E-state index is -4.53. The number of benzene rings is 4. The lowest BCUT2D eigenvalue weighted by Crippen LogP contribution is -2.37. The summed E-state index contributed by atoms with van der Waals surface area (Å²) < 4.78 is 102. The van der Waals surface area contributed by atoms with Crippen LogP contribution in [0.2, 0.25) is 0 Å². The van der Waals surface area contributed by atoms with Gasteiger partial charge in [-0.1, -0.05) is 60.7 Å². The van der Waals surface area contributed by atoms with Crippen LogP contribution in [0.25, 0.3) is 0 Å². The summed E-state index contributed by atoms with van der Waals surface area (Å²) in [5.41, 5.74) is 0.541. The quantitative estimate of drug-likeness (QED) is 0.111. The number of fused-ring (bicyclic) bond motifs is 2. The lowest BCUT2D eigenvalue weighted by Gasteiger charge is -2.32. The Labute approximate surface area is 281 Å². The van der Waals surface area contributed by atoms with E-state index in [1.165, 1.54) is 24.3 Å². The Balaban J connectivity index is 1.07. The molecular formula is C36H28F6N2O6. The normalized spacial score (nSPS) is 20.4. The highest BCUT2D eigenvalue weighted by atomic mass is 19.4. The summed E-state index contributed by atoms with van der Waals surface area (Å²) in [7, 11) is 0. The summed E-state index contributed by atoms with van der Waals surface area (Å²) in [6, 6.07) is 22.7. The second-order valence-corrected chi connectivity index (χ2v) is 11.3. The van der Waals surface area contributed by atoms with E-state index in [4.69, 9.17) is 18.9 Å². The standard InChI is InChI=1S/C36H28F6N2O6/c37-35(38,39)21-7-5-9-23(17-21)47-29-19-43-33(27-13-3-1-11-25(27)29)49-31(45)15-16-32(46)50-34-28-14-4-2-12-26(28)30(20-44-34)48-24-10-6-8-22(18-24)36(40,41)42/h1-18,29-30,33-34,43-44H,19-20H2/b16-15-. The third kappa shape index (κ3) is 8.09. The molecule has 2 aliphatic heterocycles. The second kappa shape index (κ2) is 14.3. The SMILES string of the molecule is O=C(/C=C\C(=O)OC1NCC(Oc2cccc(C(F)(F)F)c2)c2ccccc21)OC1NCC(Oc2cccc(C(F)(F)F)c2)c2ccccc21. The third-order valence-electron chi connectivity index (χ3n) is 7.93. The fourth-order valence-electron chi connectivity index (χ4n) is 5.64. The third-order valence-corrected chi connectivity index (χ3v) is 7.93. The number of alkyl halides is 6. The molecule has 0 radical (unpaired) electrons. The number of nitrogens with one attached hydrogen (secondary N) is 2. The minimum absolute atomic E-state index is 0.0205. The van der Waals surface area contributed by atoms with Gasteiger partial charge in [0.15, 0.2) is 12.5 Å². The Kier molecular flexibility index (Phi) is 9.84. The van der Waals surface area contributed by atoms with Crippen LogP contribution in [-0.4, -0.2) is 25.0 Å². The minimum Gasteiger partial charge on any atom is -0.484 e. The van der Waals surface area contributed by atoms with Gasteiger partial charge in [-0.05, 0) is 36.4 Å². The molecular weight excluding hydrogens is 670 g/mol. The Bertz CT molecular complexity index is 1760. The summed E-state index contributed by atoms with van der Waals surface area (Å²) in [6.07, 6.45) is -10.5. The molecule has 4 atom stereocenters.